The van der Waals surface area contributed by atoms with E-state index in [1.165, 1.54) is 70.6 Å². The molecule has 0 bridgehead atoms. The van der Waals surface area contributed by atoms with Crippen molar-refractivity contribution < 1.29 is 9.53 Å². The highest BCUT2D eigenvalue weighted by molar-refractivity contribution is 7.80. The van der Waals surface area contributed by atoms with E-state index in [0.717, 1.165) is 12.8 Å². The summed E-state index contributed by atoms with van der Waals surface area (Å²) in [6.45, 7) is 4.04. The van der Waals surface area contributed by atoms with Crippen molar-refractivity contribution in [1.82, 2.24) is 0 Å². The minimum atomic E-state index is -0.278. The standard InChI is InChI=1S/C18H36O2S/c1-3-4-5-6-7-8-9-10-11-12-13-14-15-16-18(19)20-17(2)21/h17,21H,3-16H2,1-2H3. The van der Waals surface area contributed by atoms with Crippen LogP contribution in [0.2, 0.25) is 0 Å². The predicted octanol–water partition coefficient (Wildman–Crippen LogP) is 6.29. The molecule has 0 aliphatic carbocycles. The molecule has 126 valence electrons. The number of hydrogen-bond acceptors (Lipinski definition) is 3. The maximum Gasteiger partial charge on any atom is 0.306 e. The van der Waals surface area contributed by atoms with E-state index < -0.39 is 0 Å². The Morgan fingerprint density at radius 2 is 1.19 bits per heavy atom. The topological polar surface area (TPSA) is 26.3 Å². The fourth-order valence-corrected chi connectivity index (χ4v) is 2.65. The zero-order valence-electron chi connectivity index (χ0n) is 14.2. The van der Waals surface area contributed by atoms with Crippen LogP contribution in [0, 0.1) is 0 Å². The molecule has 2 nitrogen and oxygen atoms in total. The number of thiol groups is 1. The van der Waals surface area contributed by atoms with E-state index in [2.05, 4.69) is 19.6 Å². The normalized spacial score (nSPS) is 12.3. The molecule has 0 rings (SSSR count). The Kier molecular flexibility index (Phi) is 16.1. The van der Waals surface area contributed by atoms with Gasteiger partial charge in [0.1, 0.15) is 5.44 Å². The van der Waals surface area contributed by atoms with Gasteiger partial charge in [0.15, 0.2) is 0 Å². The van der Waals surface area contributed by atoms with Gasteiger partial charge >= 0.3 is 5.97 Å². The maximum absolute atomic E-state index is 11.3. The lowest BCUT2D eigenvalue weighted by Gasteiger charge is -2.06. The Labute approximate surface area is 137 Å². The summed E-state index contributed by atoms with van der Waals surface area (Å²) in [5.41, 5.74) is -0.278. The molecule has 0 aromatic carbocycles. The van der Waals surface area contributed by atoms with Crippen LogP contribution in [0.25, 0.3) is 0 Å². The number of carbonyl (C=O) groups excluding carboxylic acids is 1. The van der Waals surface area contributed by atoms with E-state index in [0.29, 0.717) is 6.42 Å². The first-order valence-corrected chi connectivity index (χ1v) is 9.56. The molecule has 21 heavy (non-hydrogen) atoms. The van der Waals surface area contributed by atoms with Gasteiger partial charge in [0.2, 0.25) is 0 Å². The predicted molar refractivity (Wildman–Crippen MR) is 94.9 cm³/mol. The van der Waals surface area contributed by atoms with Crippen LogP contribution in [-0.2, 0) is 9.53 Å². The number of carbonyl (C=O) groups is 1. The highest BCUT2D eigenvalue weighted by Crippen LogP contribution is 2.13. The number of hydrogen-bond donors (Lipinski definition) is 1. The van der Waals surface area contributed by atoms with E-state index in [-0.39, 0.29) is 11.4 Å². The van der Waals surface area contributed by atoms with Crippen LogP contribution in [0.4, 0.5) is 0 Å². The lowest BCUT2D eigenvalue weighted by atomic mass is 10.0. The van der Waals surface area contributed by atoms with Crippen molar-refractivity contribution in [2.24, 2.45) is 0 Å². The second kappa shape index (κ2) is 16.2. The summed E-state index contributed by atoms with van der Waals surface area (Å²) in [7, 11) is 0. The zero-order valence-corrected chi connectivity index (χ0v) is 15.1. The van der Waals surface area contributed by atoms with Crippen molar-refractivity contribution in [2.45, 2.75) is 109 Å². The van der Waals surface area contributed by atoms with Crippen LogP contribution in [0.15, 0.2) is 0 Å². The molecule has 0 saturated heterocycles. The van der Waals surface area contributed by atoms with E-state index in [1.54, 1.807) is 6.92 Å². The first kappa shape index (κ1) is 20.8. The van der Waals surface area contributed by atoms with Crippen LogP contribution >= 0.6 is 12.6 Å². The highest BCUT2D eigenvalue weighted by atomic mass is 32.1. The Balaban J connectivity index is 3.07. The maximum atomic E-state index is 11.3. The molecule has 0 aliphatic heterocycles. The molecular formula is C18H36O2S. The molecule has 0 fully saturated rings. The largest absolute Gasteiger partial charge is 0.452 e. The third-order valence-corrected chi connectivity index (χ3v) is 3.89. The van der Waals surface area contributed by atoms with E-state index in [1.807, 2.05) is 0 Å². The zero-order chi connectivity index (χ0) is 15.8. The van der Waals surface area contributed by atoms with Crippen LogP contribution in [0.1, 0.15) is 104 Å². The molecule has 0 aliphatic rings. The molecule has 0 aromatic rings. The molecule has 1 atom stereocenters. The molecule has 0 spiro atoms. The van der Waals surface area contributed by atoms with Crippen molar-refractivity contribution in [2.75, 3.05) is 0 Å². The Morgan fingerprint density at radius 1 is 0.810 bits per heavy atom. The van der Waals surface area contributed by atoms with Crippen LogP contribution in [-0.4, -0.2) is 11.4 Å². The van der Waals surface area contributed by atoms with Crippen molar-refractivity contribution >= 4 is 18.6 Å². The molecule has 1 unspecified atom stereocenters. The minimum absolute atomic E-state index is 0.111. The molecule has 0 heterocycles. The van der Waals surface area contributed by atoms with Gasteiger partial charge in [0.05, 0.1) is 0 Å². The molecule has 3 heteroatoms. The van der Waals surface area contributed by atoms with E-state index in [4.69, 9.17) is 4.74 Å². The summed E-state index contributed by atoms with van der Waals surface area (Å²) in [4.78, 5) is 11.3. The van der Waals surface area contributed by atoms with Gasteiger partial charge in [-0.05, 0) is 13.3 Å². The Hall–Kier alpha value is -0.180. The lowest BCUT2D eigenvalue weighted by molar-refractivity contribution is -0.144. The summed E-state index contributed by atoms with van der Waals surface area (Å²) in [5, 5.41) is 0. The van der Waals surface area contributed by atoms with Gasteiger partial charge < -0.3 is 4.74 Å². The van der Waals surface area contributed by atoms with Crippen LogP contribution in [0.5, 0.6) is 0 Å². The van der Waals surface area contributed by atoms with E-state index >= 15 is 0 Å². The molecule has 0 amide bonds. The fraction of sp³-hybridized carbons (Fsp3) is 0.944. The number of unbranched alkanes of at least 4 members (excludes halogenated alkanes) is 12. The minimum Gasteiger partial charge on any atom is -0.452 e. The highest BCUT2D eigenvalue weighted by Gasteiger charge is 2.04. The average Bonchev–Trinajstić information content (AvgIpc) is 2.43. The second-order valence-electron chi connectivity index (χ2n) is 6.08. The van der Waals surface area contributed by atoms with Gasteiger partial charge in [-0.3, -0.25) is 4.79 Å². The van der Waals surface area contributed by atoms with Gasteiger partial charge in [-0.25, -0.2) is 0 Å². The number of ether oxygens (including phenoxy) is 1. The van der Waals surface area contributed by atoms with Crippen LogP contribution < -0.4 is 0 Å². The first-order valence-electron chi connectivity index (χ1n) is 9.04. The summed E-state index contributed by atoms with van der Waals surface area (Å²) in [5.74, 6) is -0.111. The Morgan fingerprint density at radius 3 is 1.57 bits per heavy atom. The van der Waals surface area contributed by atoms with Crippen molar-refractivity contribution in [3.05, 3.63) is 0 Å². The van der Waals surface area contributed by atoms with E-state index in [9.17, 15) is 4.79 Å². The smallest absolute Gasteiger partial charge is 0.306 e. The monoisotopic (exact) mass is 316 g/mol. The third kappa shape index (κ3) is 17.8. The SMILES string of the molecule is CCCCCCCCCCCCCCCC(=O)OC(C)S. The van der Waals surface area contributed by atoms with Gasteiger partial charge in [-0.15, -0.1) is 12.6 Å². The van der Waals surface area contributed by atoms with Crippen LogP contribution in [0.3, 0.4) is 0 Å². The molecule has 0 aromatic heterocycles. The Bertz CT molecular complexity index is 229. The summed E-state index contributed by atoms with van der Waals surface area (Å²) in [6, 6.07) is 0. The molecule has 0 saturated carbocycles. The van der Waals surface area contributed by atoms with Gasteiger partial charge in [-0.1, -0.05) is 84.0 Å². The molecule has 0 radical (unpaired) electrons. The molecule has 0 N–H and O–H groups in total. The first-order chi connectivity index (χ1) is 10.2. The fourth-order valence-electron chi connectivity index (χ4n) is 2.54. The summed E-state index contributed by atoms with van der Waals surface area (Å²) >= 11 is 4.04. The number of rotatable bonds is 15. The molecular weight excluding hydrogens is 280 g/mol. The van der Waals surface area contributed by atoms with Gasteiger partial charge in [-0.2, -0.15) is 0 Å². The van der Waals surface area contributed by atoms with Crippen molar-refractivity contribution in [3.63, 3.8) is 0 Å². The van der Waals surface area contributed by atoms with Crippen molar-refractivity contribution in [3.8, 4) is 0 Å². The number of esters is 1. The summed E-state index contributed by atoms with van der Waals surface area (Å²) < 4.78 is 4.98. The lowest BCUT2D eigenvalue weighted by Crippen LogP contribution is -2.08. The van der Waals surface area contributed by atoms with Crippen molar-refractivity contribution in [1.29, 1.82) is 0 Å². The van der Waals surface area contributed by atoms with Gasteiger partial charge in [0.25, 0.3) is 0 Å². The quantitative estimate of drug-likeness (QED) is 0.166. The van der Waals surface area contributed by atoms with Gasteiger partial charge in [0, 0.05) is 6.42 Å². The average molecular weight is 317 g/mol. The second-order valence-corrected chi connectivity index (χ2v) is 6.81. The third-order valence-electron chi connectivity index (χ3n) is 3.79. The summed E-state index contributed by atoms with van der Waals surface area (Å²) in [6.07, 6.45) is 17.8.